The molecule has 294 valence electrons. The molecule has 0 bridgehead atoms. The number of fused-ring (bicyclic) bond motifs is 3. The molecule has 11 aromatic rings. The number of nitrogens with zero attached hydrogens (tertiary/aromatic N) is 4. The van der Waals surface area contributed by atoms with Crippen LogP contribution in [0.25, 0.3) is 112 Å². The molecule has 0 aliphatic carbocycles. The van der Waals surface area contributed by atoms with Crippen LogP contribution in [-0.4, -0.2) is 15.0 Å². The zero-order valence-corrected chi connectivity index (χ0v) is 34.0. The van der Waals surface area contributed by atoms with Gasteiger partial charge in [0, 0.05) is 27.5 Å². The maximum absolute atomic E-state index is 9.96. The first-order valence-corrected chi connectivity index (χ1v) is 20.9. The number of benzene rings is 9. The number of aromatic nitrogens is 3. The monoisotopic (exact) mass is 804 g/mol. The van der Waals surface area contributed by atoms with Crippen LogP contribution in [0.2, 0.25) is 0 Å². The van der Waals surface area contributed by atoms with Crippen LogP contribution < -0.4 is 0 Å². The number of rotatable bonds is 8. The molecule has 0 saturated carbocycles. The molecule has 0 aliphatic heterocycles. The second-order valence-electron chi connectivity index (χ2n) is 15.5. The summed E-state index contributed by atoms with van der Waals surface area (Å²) in [6, 6.07) is 76.9. The second-order valence-corrected chi connectivity index (χ2v) is 15.5. The average Bonchev–Trinajstić information content (AvgIpc) is 3.75. The standard InChI is InChI=1S/C58H36N4O/c59-37-46-21-10-11-26-50(46)42-23-13-25-44(32-42)56-60-57(62-58(61-56)49-34-47(39-17-6-2-7-18-39)33-48(35-49)40-19-8-3-9-20-40)45-29-30-52-54(36-45)63-53-28-14-27-51(55(52)53)43-24-12-22-41(31-43)38-15-4-1-5-16-38/h1-36H. The Balaban J connectivity index is 1.08. The summed E-state index contributed by atoms with van der Waals surface area (Å²) in [5, 5.41) is 12.0. The highest BCUT2D eigenvalue weighted by Crippen LogP contribution is 2.40. The van der Waals surface area contributed by atoms with Gasteiger partial charge in [-0.3, -0.25) is 0 Å². The summed E-state index contributed by atoms with van der Waals surface area (Å²) >= 11 is 0. The van der Waals surface area contributed by atoms with Gasteiger partial charge in [0.05, 0.1) is 11.6 Å². The van der Waals surface area contributed by atoms with Crippen molar-refractivity contribution in [3.63, 3.8) is 0 Å². The van der Waals surface area contributed by atoms with Crippen LogP contribution in [0, 0.1) is 11.3 Å². The molecule has 0 amide bonds. The van der Waals surface area contributed by atoms with Gasteiger partial charge in [0.15, 0.2) is 17.5 Å². The molecule has 63 heavy (non-hydrogen) atoms. The van der Waals surface area contributed by atoms with Gasteiger partial charge in [0.2, 0.25) is 0 Å². The van der Waals surface area contributed by atoms with E-state index in [1.165, 1.54) is 5.56 Å². The third kappa shape index (κ3) is 7.22. The summed E-state index contributed by atoms with van der Waals surface area (Å²) in [5.74, 6) is 1.57. The molecule has 9 aromatic carbocycles. The van der Waals surface area contributed by atoms with E-state index in [4.69, 9.17) is 19.4 Å². The summed E-state index contributed by atoms with van der Waals surface area (Å²) in [5.41, 5.74) is 15.2. The van der Waals surface area contributed by atoms with Crippen LogP contribution in [0.1, 0.15) is 5.56 Å². The SMILES string of the molecule is N#Cc1ccccc1-c1cccc(-c2nc(-c3cc(-c4ccccc4)cc(-c4ccccc4)c3)nc(-c3ccc4c(c3)oc3cccc(-c5cccc(-c6ccccc6)c5)c34)n2)c1. The predicted octanol–water partition coefficient (Wildman–Crippen LogP) is 15.0. The Morgan fingerprint density at radius 1 is 0.317 bits per heavy atom. The quantitative estimate of drug-likeness (QED) is 0.153. The number of furan rings is 1. The number of nitriles is 1. The molecule has 0 unspecified atom stereocenters. The van der Waals surface area contributed by atoms with Gasteiger partial charge in [0.25, 0.3) is 0 Å². The third-order valence-electron chi connectivity index (χ3n) is 11.6. The zero-order chi connectivity index (χ0) is 42.1. The molecule has 2 aromatic heterocycles. The second kappa shape index (κ2) is 16.0. The first-order chi connectivity index (χ1) is 31.1. The van der Waals surface area contributed by atoms with Crippen molar-refractivity contribution in [3.05, 3.63) is 224 Å². The van der Waals surface area contributed by atoms with E-state index in [0.29, 0.717) is 23.0 Å². The Morgan fingerprint density at radius 3 is 1.41 bits per heavy atom. The molecule has 0 radical (unpaired) electrons. The molecule has 0 saturated heterocycles. The first kappa shape index (κ1) is 37.3. The molecule has 0 N–H and O–H groups in total. The molecular weight excluding hydrogens is 769 g/mol. The fraction of sp³-hybridized carbons (Fsp3) is 0. The van der Waals surface area contributed by atoms with Crippen molar-refractivity contribution in [2.75, 3.05) is 0 Å². The van der Waals surface area contributed by atoms with Gasteiger partial charge < -0.3 is 4.42 Å². The topological polar surface area (TPSA) is 75.6 Å². The van der Waals surface area contributed by atoms with Gasteiger partial charge in [-0.2, -0.15) is 5.26 Å². The minimum atomic E-state index is 0.516. The third-order valence-corrected chi connectivity index (χ3v) is 11.6. The van der Waals surface area contributed by atoms with Crippen molar-refractivity contribution in [3.8, 4) is 95.9 Å². The summed E-state index contributed by atoms with van der Waals surface area (Å²) in [7, 11) is 0. The lowest BCUT2D eigenvalue weighted by Gasteiger charge is -2.13. The van der Waals surface area contributed by atoms with Crippen LogP contribution in [0.4, 0.5) is 0 Å². The molecule has 0 atom stereocenters. The van der Waals surface area contributed by atoms with Crippen molar-refractivity contribution in [1.82, 2.24) is 15.0 Å². The normalized spacial score (nSPS) is 11.2. The molecule has 5 nitrogen and oxygen atoms in total. The van der Waals surface area contributed by atoms with Crippen molar-refractivity contribution in [2.24, 2.45) is 0 Å². The van der Waals surface area contributed by atoms with E-state index in [0.717, 1.165) is 88.7 Å². The fourth-order valence-electron chi connectivity index (χ4n) is 8.47. The summed E-state index contributed by atoms with van der Waals surface area (Å²) < 4.78 is 6.64. The van der Waals surface area contributed by atoms with Gasteiger partial charge in [-0.15, -0.1) is 0 Å². The lowest BCUT2D eigenvalue weighted by molar-refractivity contribution is 0.669. The smallest absolute Gasteiger partial charge is 0.164 e. The van der Waals surface area contributed by atoms with Crippen molar-refractivity contribution in [2.45, 2.75) is 0 Å². The molecule has 5 heteroatoms. The molecule has 0 spiro atoms. The maximum Gasteiger partial charge on any atom is 0.164 e. The van der Waals surface area contributed by atoms with Crippen LogP contribution >= 0.6 is 0 Å². The largest absolute Gasteiger partial charge is 0.456 e. The Hall–Kier alpha value is -8.72. The van der Waals surface area contributed by atoms with Gasteiger partial charge in [0.1, 0.15) is 11.2 Å². The Kier molecular flexibility index (Phi) is 9.50. The van der Waals surface area contributed by atoms with Gasteiger partial charge in [-0.25, -0.2) is 15.0 Å². The van der Waals surface area contributed by atoms with Crippen LogP contribution in [0.3, 0.4) is 0 Å². The molecular formula is C58H36N4O. The lowest BCUT2D eigenvalue weighted by Crippen LogP contribution is -2.01. The minimum Gasteiger partial charge on any atom is -0.456 e. The van der Waals surface area contributed by atoms with E-state index in [2.05, 4.69) is 146 Å². The zero-order valence-electron chi connectivity index (χ0n) is 34.0. The molecule has 11 rings (SSSR count). The Morgan fingerprint density at radius 2 is 0.762 bits per heavy atom. The van der Waals surface area contributed by atoms with Crippen molar-refractivity contribution in [1.29, 1.82) is 5.26 Å². The lowest BCUT2D eigenvalue weighted by atomic mass is 9.95. The number of hydrogen-bond donors (Lipinski definition) is 0. The highest BCUT2D eigenvalue weighted by atomic mass is 16.3. The van der Waals surface area contributed by atoms with Crippen LogP contribution in [-0.2, 0) is 0 Å². The van der Waals surface area contributed by atoms with E-state index < -0.39 is 0 Å². The highest BCUT2D eigenvalue weighted by Gasteiger charge is 2.19. The summed E-state index contributed by atoms with van der Waals surface area (Å²) in [6.45, 7) is 0. The first-order valence-electron chi connectivity index (χ1n) is 20.9. The van der Waals surface area contributed by atoms with Crippen molar-refractivity contribution >= 4 is 21.9 Å². The average molecular weight is 805 g/mol. The molecule has 0 fully saturated rings. The van der Waals surface area contributed by atoms with Gasteiger partial charge in [-0.1, -0.05) is 164 Å². The van der Waals surface area contributed by atoms with E-state index >= 15 is 0 Å². The van der Waals surface area contributed by atoms with Crippen molar-refractivity contribution < 1.29 is 4.42 Å². The van der Waals surface area contributed by atoms with E-state index in [1.807, 2.05) is 78.9 Å². The Labute approximate surface area is 364 Å². The molecule has 0 aliphatic rings. The van der Waals surface area contributed by atoms with Crippen LogP contribution in [0.5, 0.6) is 0 Å². The highest BCUT2D eigenvalue weighted by molar-refractivity contribution is 6.13. The van der Waals surface area contributed by atoms with E-state index in [-0.39, 0.29) is 0 Å². The fourth-order valence-corrected chi connectivity index (χ4v) is 8.47. The van der Waals surface area contributed by atoms with Gasteiger partial charge >= 0.3 is 0 Å². The van der Waals surface area contributed by atoms with Gasteiger partial charge in [-0.05, 0) is 110 Å². The van der Waals surface area contributed by atoms with E-state index in [1.54, 1.807) is 0 Å². The van der Waals surface area contributed by atoms with E-state index in [9.17, 15) is 5.26 Å². The summed E-state index contributed by atoms with van der Waals surface area (Å²) in [4.78, 5) is 15.6. The number of hydrogen-bond acceptors (Lipinski definition) is 5. The Bertz CT molecular complexity index is 3460. The minimum absolute atomic E-state index is 0.516. The van der Waals surface area contributed by atoms with Crippen LogP contribution in [0.15, 0.2) is 223 Å². The molecule has 2 heterocycles. The predicted molar refractivity (Wildman–Crippen MR) is 255 cm³/mol. The summed E-state index contributed by atoms with van der Waals surface area (Å²) in [6.07, 6.45) is 0. The maximum atomic E-state index is 9.96.